The lowest BCUT2D eigenvalue weighted by molar-refractivity contribution is 0.122. The fourth-order valence-corrected chi connectivity index (χ4v) is 3.99. The highest BCUT2D eigenvalue weighted by molar-refractivity contribution is 9.09. The summed E-state index contributed by atoms with van der Waals surface area (Å²) in [6.45, 7) is 1.62. The van der Waals surface area contributed by atoms with Gasteiger partial charge in [-0.25, -0.2) is 0 Å². The summed E-state index contributed by atoms with van der Waals surface area (Å²) >= 11 is 5.65. The number of halogens is 1. The first-order chi connectivity index (χ1) is 7.34. The molecule has 1 fully saturated rings. The summed E-state index contributed by atoms with van der Waals surface area (Å²) in [4.78, 5) is 0.688. The van der Waals surface area contributed by atoms with Gasteiger partial charge in [-0.15, -0.1) is 0 Å². The van der Waals surface area contributed by atoms with E-state index in [0.29, 0.717) is 10.1 Å². The standard InChI is InChI=1S/C12H15BrOS/c13-11-6-12(15-9-11)8-14-7-10-4-2-1-3-5-10/h1-5,11-12H,6-9H2. The van der Waals surface area contributed by atoms with Gasteiger partial charge in [0.1, 0.15) is 0 Å². The fraction of sp³-hybridized carbons (Fsp3) is 0.500. The predicted octanol–water partition coefficient (Wildman–Crippen LogP) is 3.47. The molecular formula is C12H15BrOS. The van der Waals surface area contributed by atoms with Crippen LogP contribution in [0.1, 0.15) is 12.0 Å². The molecule has 0 amide bonds. The Balaban J connectivity index is 1.67. The van der Waals surface area contributed by atoms with Crippen molar-refractivity contribution >= 4 is 27.7 Å². The molecule has 0 N–H and O–H groups in total. The Kier molecular flexibility index (Phi) is 4.54. The molecule has 1 nitrogen and oxygen atoms in total. The van der Waals surface area contributed by atoms with E-state index in [9.17, 15) is 0 Å². The normalized spacial score (nSPS) is 25.7. The molecule has 15 heavy (non-hydrogen) atoms. The maximum Gasteiger partial charge on any atom is 0.0717 e. The van der Waals surface area contributed by atoms with Gasteiger partial charge >= 0.3 is 0 Å². The lowest BCUT2D eigenvalue weighted by Gasteiger charge is -2.09. The van der Waals surface area contributed by atoms with Crippen LogP contribution in [0.2, 0.25) is 0 Å². The van der Waals surface area contributed by atoms with Crippen molar-refractivity contribution in [2.75, 3.05) is 12.4 Å². The Bertz CT molecular complexity index is 291. The summed E-state index contributed by atoms with van der Waals surface area (Å²) in [7, 11) is 0. The van der Waals surface area contributed by atoms with Gasteiger partial charge in [0, 0.05) is 15.8 Å². The number of rotatable bonds is 4. The Morgan fingerprint density at radius 2 is 2.13 bits per heavy atom. The van der Waals surface area contributed by atoms with E-state index in [-0.39, 0.29) is 0 Å². The van der Waals surface area contributed by atoms with Gasteiger partial charge in [0.25, 0.3) is 0 Å². The number of hydrogen-bond donors (Lipinski definition) is 0. The minimum atomic E-state index is 0.679. The largest absolute Gasteiger partial charge is 0.376 e. The maximum atomic E-state index is 5.71. The van der Waals surface area contributed by atoms with E-state index >= 15 is 0 Å². The lowest BCUT2D eigenvalue weighted by atomic mass is 10.2. The zero-order valence-corrected chi connectivity index (χ0v) is 11.0. The summed E-state index contributed by atoms with van der Waals surface area (Å²) in [5.74, 6) is 1.22. The van der Waals surface area contributed by atoms with E-state index in [1.54, 1.807) is 0 Å². The van der Waals surface area contributed by atoms with E-state index < -0.39 is 0 Å². The summed E-state index contributed by atoms with van der Waals surface area (Å²) in [5.41, 5.74) is 1.26. The molecule has 1 aliphatic heterocycles. The van der Waals surface area contributed by atoms with E-state index in [1.165, 1.54) is 17.7 Å². The molecule has 2 rings (SSSR count). The molecular weight excluding hydrogens is 272 g/mol. The molecule has 2 unspecified atom stereocenters. The second kappa shape index (κ2) is 5.92. The lowest BCUT2D eigenvalue weighted by Crippen LogP contribution is -2.09. The highest BCUT2D eigenvalue weighted by Crippen LogP contribution is 2.31. The molecule has 1 aromatic rings. The number of benzene rings is 1. The first kappa shape index (κ1) is 11.5. The van der Waals surface area contributed by atoms with E-state index in [4.69, 9.17) is 4.74 Å². The van der Waals surface area contributed by atoms with Crippen molar-refractivity contribution in [3.8, 4) is 0 Å². The minimum absolute atomic E-state index is 0.679. The van der Waals surface area contributed by atoms with Gasteiger partial charge in [-0.1, -0.05) is 46.3 Å². The van der Waals surface area contributed by atoms with Crippen molar-refractivity contribution in [2.45, 2.75) is 23.1 Å². The Morgan fingerprint density at radius 3 is 2.80 bits per heavy atom. The van der Waals surface area contributed by atoms with Gasteiger partial charge in [-0.05, 0) is 12.0 Å². The number of hydrogen-bond acceptors (Lipinski definition) is 2. The third kappa shape index (κ3) is 3.82. The van der Waals surface area contributed by atoms with Crippen LogP contribution in [0.3, 0.4) is 0 Å². The van der Waals surface area contributed by atoms with Crippen LogP contribution in [-0.4, -0.2) is 22.4 Å². The van der Waals surface area contributed by atoms with E-state index in [0.717, 1.165) is 13.2 Å². The highest BCUT2D eigenvalue weighted by Gasteiger charge is 2.22. The first-order valence-electron chi connectivity index (χ1n) is 5.22. The first-order valence-corrected chi connectivity index (χ1v) is 7.18. The monoisotopic (exact) mass is 286 g/mol. The van der Waals surface area contributed by atoms with Gasteiger partial charge in [-0.2, -0.15) is 11.8 Å². The van der Waals surface area contributed by atoms with Crippen LogP contribution in [0.4, 0.5) is 0 Å². The quantitative estimate of drug-likeness (QED) is 0.784. The summed E-state index contributed by atoms with van der Waals surface area (Å²) < 4.78 is 5.71. The molecule has 1 saturated heterocycles. The summed E-state index contributed by atoms with van der Waals surface area (Å²) in [5, 5.41) is 0.679. The molecule has 0 spiro atoms. The average molecular weight is 287 g/mol. The van der Waals surface area contributed by atoms with Gasteiger partial charge in [0.05, 0.1) is 13.2 Å². The minimum Gasteiger partial charge on any atom is -0.376 e. The Morgan fingerprint density at radius 1 is 1.33 bits per heavy atom. The smallest absolute Gasteiger partial charge is 0.0717 e. The molecule has 0 aromatic heterocycles. The van der Waals surface area contributed by atoms with Crippen molar-refractivity contribution in [1.29, 1.82) is 0 Å². The van der Waals surface area contributed by atoms with Crippen molar-refractivity contribution in [1.82, 2.24) is 0 Å². The number of thioether (sulfide) groups is 1. The van der Waals surface area contributed by atoms with E-state index in [1.807, 2.05) is 17.8 Å². The zero-order valence-electron chi connectivity index (χ0n) is 8.56. The third-order valence-corrected chi connectivity index (χ3v) is 4.97. The van der Waals surface area contributed by atoms with Crippen molar-refractivity contribution < 1.29 is 4.74 Å². The van der Waals surface area contributed by atoms with Gasteiger partial charge in [0.2, 0.25) is 0 Å². The van der Waals surface area contributed by atoms with Crippen molar-refractivity contribution in [3.63, 3.8) is 0 Å². The second-order valence-electron chi connectivity index (χ2n) is 3.79. The molecule has 82 valence electrons. The van der Waals surface area contributed by atoms with Gasteiger partial charge in [0.15, 0.2) is 0 Å². The second-order valence-corrected chi connectivity index (χ2v) is 6.42. The molecule has 1 aromatic carbocycles. The topological polar surface area (TPSA) is 9.23 Å². The third-order valence-electron chi connectivity index (χ3n) is 2.45. The molecule has 0 bridgehead atoms. The Labute approximate surface area is 104 Å². The molecule has 1 aliphatic rings. The molecule has 2 atom stereocenters. The molecule has 0 aliphatic carbocycles. The summed E-state index contributed by atoms with van der Waals surface area (Å²) in [6.07, 6.45) is 1.24. The molecule has 3 heteroatoms. The number of ether oxygens (including phenoxy) is 1. The molecule has 0 saturated carbocycles. The fourth-order valence-electron chi connectivity index (χ4n) is 1.66. The molecule has 0 radical (unpaired) electrons. The SMILES string of the molecule is BrC1CSC(COCc2ccccc2)C1. The van der Waals surface area contributed by atoms with Crippen LogP contribution in [0, 0.1) is 0 Å². The van der Waals surface area contributed by atoms with E-state index in [2.05, 4.69) is 40.2 Å². The van der Waals surface area contributed by atoms with Crippen LogP contribution in [0.5, 0.6) is 0 Å². The highest BCUT2D eigenvalue weighted by atomic mass is 79.9. The maximum absolute atomic E-state index is 5.71. The van der Waals surface area contributed by atoms with Crippen LogP contribution >= 0.6 is 27.7 Å². The average Bonchev–Trinajstić information content (AvgIpc) is 2.66. The Hall–Kier alpha value is 0.01000. The van der Waals surface area contributed by atoms with Gasteiger partial charge in [-0.3, -0.25) is 0 Å². The van der Waals surface area contributed by atoms with Crippen LogP contribution in [0.15, 0.2) is 30.3 Å². The van der Waals surface area contributed by atoms with Crippen LogP contribution < -0.4 is 0 Å². The number of alkyl halides is 1. The summed E-state index contributed by atoms with van der Waals surface area (Å²) in [6, 6.07) is 10.4. The van der Waals surface area contributed by atoms with Crippen molar-refractivity contribution in [2.24, 2.45) is 0 Å². The zero-order chi connectivity index (χ0) is 10.5. The van der Waals surface area contributed by atoms with Gasteiger partial charge < -0.3 is 4.74 Å². The molecule has 1 heterocycles. The van der Waals surface area contributed by atoms with Crippen molar-refractivity contribution in [3.05, 3.63) is 35.9 Å². The van der Waals surface area contributed by atoms with Crippen LogP contribution in [0.25, 0.3) is 0 Å². The predicted molar refractivity (Wildman–Crippen MR) is 69.7 cm³/mol. The van der Waals surface area contributed by atoms with Crippen LogP contribution in [-0.2, 0) is 11.3 Å².